The van der Waals surface area contributed by atoms with Gasteiger partial charge in [-0.1, -0.05) is 12.1 Å². The Morgan fingerprint density at radius 2 is 2.33 bits per heavy atom. The molecular weight excluding hydrogens is 230 g/mol. The highest BCUT2D eigenvalue weighted by Gasteiger charge is 2.35. The SMILES string of the molecule is COc1cccc2c1C[C@H]1OC(CO)CN[C@@H]1C2. The van der Waals surface area contributed by atoms with Crippen molar-refractivity contribution in [3.8, 4) is 5.75 Å². The number of fused-ring (bicyclic) bond motifs is 2. The summed E-state index contributed by atoms with van der Waals surface area (Å²) in [5, 5.41) is 12.7. The van der Waals surface area contributed by atoms with Crippen LogP contribution >= 0.6 is 0 Å². The maximum atomic E-state index is 9.19. The molecule has 0 aromatic heterocycles. The van der Waals surface area contributed by atoms with Gasteiger partial charge in [0.2, 0.25) is 0 Å². The summed E-state index contributed by atoms with van der Waals surface area (Å²) in [5.74, 6) is 0.945. The minimum Gasteiger partial charge on any atom is -0.496 e. The van der Waals surface area contributed by atoms with E-state index in [1.54, 1.807) is 7.11 Å². The minimum absolute atomic E-state index is 0.0784. The predicted octanol–water partition coefficient (Wildman–Crippen LogP) is 0.512. The van der Waals surface area contributed by atoms with E-state index in [4.69, 9.17) is 9.47 Å². The lowest BCUT2D eigenvalue weighted by Gasteiger charge is -2.40. The number of morpholine rings is 1. The van der Waals surface area contributed by atoms with E-state index in [1.165, 1.54) is 11.1 Å². The van der Waals surface area contributed by atoms with Crippen LogP contribution in [0.4, 0.5) is 0 Å². The van der Waals surface area contributed by atoms with Crippen LogP contribution in [0, 0.1) is 0 Å². The molecule has 1 fully saturated rings. The lowest BCUT2D eigenvalue weighted by atomic mass is 9.84. The average Bonchev–Trinajstić information content (AvgIpc) is 2.43. The van der Waals surface area contributed by atoms with Gasteiger partial charge in [0.05, 0.1) is 25.9 Å². The first-order valence-corrected chi connectivity index (χ1v) is 6.46. The molecule has 2 aliphatic rings. The van der Waals surface area contributed by atoms with Gasteiger partial charge in [-0.2, -0.15) is 0 Å². The minimum atomic E-state index is -0.0810. The first-order chi connectivity index (χ1) is 8.81. The van der Waals surface area contributed by atoms with Crippen molar-refractivity contribution in [2.24, 2.45) is 0 Å². The predicted molar refractivity (Wildman–Crippen MR) is 67.9 cm³/mol. The van der Waals surface area contributed by atoms with E-state index in [1.807, 2.05) is 12.1 Å². The summed E-state index contributed by atoms with van der Waals surface area (Å²) in [5.41, 5.74) is 2.59. The molecule has 0 bridgehead atoms. The lowest BCUT2D eigenvalue weighted by molar-refractivity contribution is -0.0844. The van der Waals surface area contributed by atoms with Crippen molar-refractivity contribution in [1.82, 2.24) is 5.32 Å². The van der Waals surface area contributed by atoms with Crippen LogP contribution in [0.25, 0.3) is 0 Å². The third-order valence-corrected chi connectivity index (χ3v) is 3.92. The van der Waals surface area contributed by atoms with Gasteiger partial charge < -0.3 is 19.9 Å². The summed E-state index contributed by atoms with van der Waals surface area (Å²) < 4.78 is 11.3. The van der Waals surface area contributed by atoms with Crippen molar-refractivity contribution in [2.45, 2.75) is 31.1 Å². The molecule has 4 heteroatoms. The Kier molecular flexibility index (Phi) is 3.24. The summed E-state index contributed by atoms with van der Waals surface area (Å²) in [4.78, 5) is 0. The third kappa shape index (κ3) is 2.00. The van der Waals surface area contributed by atoms with Gasteiger partial charge in [-0.15, -0.1) is 0 Å². The highest BCUT2D eigenvalue weighted by atomic mass is 16.5. The third-order valence-electron chi connectivity index (χ3n) is 3.92. The Morgan fingerprint density at radius 3 is 3.11 bits per heavy atom. The maximum absolute atomic E-state index is 9.19. The second-order valence-electron chi connectivity index (χ2n) is 5.00. The number of benzene rings is 1. The Labute approximate surface area is 107 Å². The molecule has 1 aromatic carbocycles. The van der Waals surface area contributed by atoms with Gasteiger partial charge in [0.25, 0.3) is 0 Å². The molecule has 1 aliphatic carbocycles. The van der Waals surface area contributed by atoms with Crippen LogP contribution in [-0.4, -0.2) is 43.6 Å². The quantitative estimate of drug-likeness (QED) is 0.802. The normalized spacial score (nSPS) is 30.4. The van der Waals surface area contributed by atoms with E-state index in [0.717, 1.165) is 25.1 Å². The Bertz CT molecular complexity index is 435. The van der Waals surface area contributed by atoms with E-state index in [-0.39, 0.29) is 18.8 Å². The molecule has 3 rings (SSSR count). The molecule has 1 saturated heterocycles. The molecule has 4 nitrogen and oxygen atoms in total. The zero-order chi connectivity index (χ0) is 12.5. The summed E-state index contributed by atoms with van der Waals surface area (Å²) in [6, 6.07) is 6.55. The number of rotatable bonds is 2. The highest BCUT2D eigenvalue weighted by Crippen LogP contribution is 2.32. The molecule has 0 spiro atoms. The van der Waals surface area contributed by atoms with Gasteiger partial charge in [0.1, 0.15) is 5.75 Å². The second kappa shape index (κ2) is 4.88. The molecule has 0 amide bonds. The van der Waals surface area contributed by atoms with E-state index in [9.17, 15) is 5.11 Å². The number of nitrogens with one attached hydrogen (secondary N) is 1. The molecule has 1 aromatic rings. The molecule has 1 heterocycles. The van der Waals surface area contributed by atoms with Gasteiger partial charge >= 0.3 is 0 Å². The molecule has 1 unspecified atom stereocenters. The van der Waals surface area contributed by atoms with Crippen LogP contribution in [0.2, 0.25) is 0 Å². The van der Waals surface area contributed by atoms with E-state index in [2.05, 4.69) is 11.4 Å². The van der Waals surface area contributed by atoms with Gasteiger partial charge in [-0.3, -0.25) is 0 Å². The number of aliphatic hydroxyl groups excluding tert-OH is 1. The fourth-order valence-electron chi connectivity index (χ4n) is 2.97. The van der Waals surface area contributed by atoms with Crippen molar-refractivity contribution >= 4 is 0 Å². The maximum Gasteiger partial charge on any atom is 0.122 e. The second-order valence-corrected chi connectivity index (χ2v) is 5.00. The Hall–Kier alpha value is -1.10. The smallest absolute Gasteiger partial charge is 0.122 e. The number of hydrogen-bond acceptors (Lipinski definition) is 4. The van der Waals surface area contributed by atoms with E-state index < -0.39 is 0 Å². The first-order valence-electron chi connectivity index (χ1n) is 6.46. The molecule has 3 atom stereocenters. The van der Waals surface area contributed by atoms with Gasteiger partial charge in [-0.25, -0.2) is 0 Å². The van der Waals surface area contributed by atoms with Crippen LogP contribution in [0.1, 0.15) is 11.1 Å². The van der Waals surface area contributed by atoms with Crippen LogP contribution in [0.3, 0.4) is 0 Å². The molecule has 2 N–H and O–H groups in total. The lowest BCUT2D eigenvalue weighted by Crippen LogP contribution is -2.56. The molecule has 0 saturated carbocycles. The largest absolute Gasteiger partial charge is 0.496 e. The Morgan fingerprint density at radius 1 is 1.44 bits per heavy atom. The van der Waals surface area contributed by atoms with E-state index in [0.29, 0.717) is 6.04 Å². The zero-order valence-corrected chi connectivity index (χ0v) is 10.6. The van der Waals surface area contributed by atoms with Crippen LogP contribution in [-0.2, 0) is 17.6 Å². The number of hydrogen-bond donors (Lipinski definition) is 2. The van der Waals surface area contributed by atoms with Crippen LogP contribution in [0.5, 0.6) is 5.75 Å². The summed E-state index contributed by atoms with van der Waals surface area (Å²) in [6.45, 7) is 0.811. The van der Waals surface area contributed by atoms with Crippen molar-refractivity contribution < 1.29 is 14.6 Å². The van der Waals surface area contributed by atoms with Gasteiger partial charge in [0, 0.05) is 19.0 Å². The number of ether oxygens (including phenoxy) is 2. The monoisotopic (exact) mass is 249 g/mol. The topological polar surface area (TPSA) is 50.7 Å². The van der Waals surface area contributed by atoms with Crippen molar-refractivity contribution in [3.63, 3.8) is 0 Å². The first kappa shape index (κ1) is 12.0. The van der Waals surface area contributed by atoms with Crippen molar-refractivity contribution in [2.75, 3.05) is 20.3 Å². The zero-order valence-electron chi connectivity index (χ0n) is 10.6. The molecule has 1 aliphatic heterocycles. The summed E-state index contributed by atoms with van der Waals surface area (Å²) >= 11 is 0. The number of methoxy groups -OCH3 is 1. The standard InChI is InChI=1S/C14H19NO3/c1-17-13-4-2-3-9-5-12-14(6-11(9)13)18-10(8-16)7-15-12/h2-4,10,12,14-16H,5-8H2,1H3/t10?,12-,14-/m1/s1. The van der Waals surface area contributed by atoms with Crippen LogP contribution in [0.15, 0.2) is 18.2 Å². The molecule has 0 radical (unpaired) electrons. The fourth-order valence-corrected chi connectivity index (χ4v) is 2.97. The van der Waals surface area contributed by atoms with Crippen molar-refractivity contribution in [3.05, 3.63) is 29.3 Å². The van der Waals surface area contributed by atoms with E-state index >= 15 is 0 Å². The van der Waals surface area contributed by atoms with Gasteiger partial charge in [-0.05, 0) is 23.6 Å². The Balaban J connectivity index is 1.86. The molecule has 98 valence electrons. The average molecular weight is 249 g/mol. The fraction of sp³-hybridized carbons (Fsp3) is 0.571. The highest BCUT2D eigenvalue weighted by molar-refractivity contribution is 5.43. The summed E-state index contributed by atoms with van der Waals surface area (Å²) in [7, 11) is 1.71. The summed E-state index contributed by atoms with van der Waals surface area (Å²) in [6.07, 6.45) is 1.88. The molecule has 18 heavy (non-hydrogen) atoms. The van der Waals surface area contributed by atoms with Crippen LogP contribution < -0.4 is 10.1 Å². The van der Waals surface area contributed by atoms with Gasteiger partial charge in [0.15, 0.2) is 0 Å². The van der Waals surface area contributed by atoms with Crippen molar-refractivity contribution in [1.29, 1.82) is 0 Å². The molecular formula is C14H19NO3. The number of aliphatic hydroxyl groups is 1.